The van der Waals surface area contributed by atoms with E-state index in [4.69, 9.17) is 5.73 Å². The van der Waals surface area contributed by atoms with Crippen LogP contribution in [0, 0.1) is 22.0 Å². The van der Waals surface area contributed by atoms with Crippen LogP contribution in [0.1, 0.15) is 26.7 Å². The zero-order valence-electron chi connectivity index (χ0n) is 15.5. The van der Waals surface area contributed by atoms with Gasteiger partial charge in [-0.25, -0.2) is 0 Å². The summed E-state index contributed by atoms with van der Waals surface area (Å²) in [7, 11) is 4.02. The number of hydrogen-bond acceptors (Lipinski definition) is 8. The molecule has 9 heteroatoms. The van der Waals surface area contributed by atoms with Crippen LogP contribution < -0.4 is 16.0 Å². The lowest BCUT2D eigenvalue weighted by molar-refractivity contribution is -0.383. The number of anilines is 3. The minimum Gasteiger partial charge on any atom is -0.378 e. The fourth-order valence-electron chi connectivity index (χ4n) is 3.37. The first-order chi connectivity index (χ1) is 11.8. The van der Waals surface area contributed by atoms with Gasteiger partial charge < -0.3 is 20.9 Å². The van der Waals surface area contributed by atoms with Crippen LogP contribution >= 0.6 is 0 Å². The molecule has 140 valence electrons. The number of nitrogens with zero attached hydrogens (tertiary/aromatic N) is 5. The summed E-state index contributed by atoms with van der Waals surface area (Å²) in [6.07, 6.45) is 2.03. The van der Waals surface area contributed by atoms with Crippen molar-refractivity contribution in [1.29, 1.82) is 0 Å². The number of hydrogen-bond donors (Lipinski definition) is 2. The average Bonchev–Trinajstić information content (AvgIpc) is 2.49. The summed E-state index contributed by atoms with van der Waals surface area (Å²) >= 11 is 0. The van der Waals surface area contributed by atoms with Crippen molar-refractivity contribution in [3.63, 3.8) is 0 Å². The summed E-state index contributed by atoms with van der Waals surface area (Å²) in [6, 6.07) is 0. The monoisotopic (exact) mass is 351 g/mol. The summed E-state index contributed by atoms with van der Waals surface area (Å²) in [5.41, 5.74) is 5.69. The van der Waals surface area contributed by atoms with Gasteiger partial charge in [-0.1, -0.05) is 13.8 Å². The van der Waals surface area contributed by atoms with Crippen molar-refractivity contribution in [2.45, 2.75) is 26.7 Å². The number of piperidine rings is 1. The third kappa shape index (κ3) is 5.15. The van der Waals surface area contributed by atoms with E-state index in [1.54, 1.807) is 0 Å². The van der Waals surface area contributed by atoms with E-state index in [-0.39, 0.29) is 11.5 Å². The summed E-state index contributed by atoms with van der Waals surface area (Å²) in [6.45, 7) is 7.40. The second kappa shape index (κ2) is 8.28. The molecule has 0 aromatic carbocycles. The molecule has 1 aromatic heterocycles. The van der Waals surface area contributed by atoms with E-state index < -0.39 is 4.92 Å². The summed E-state index contributed by atoms with van der Waals surface area (Å²) in [4.78, 5) is 23.6. The lowest BCUT2D eigenvalue weighted by Crippen LogP contribution is -2.39. The van der Waals surface area contributed by atoms with Crippen molar-refractivity contribution >= 4 is 23.3 Å². The van der Waals surface area contributed by atoms with Crippen LogP contribution in [0.2, 0.25) is 0 Å². The molecule has 0 radical (unpaired) electrons. The predicted molar refractivity (Wildman–Crippen MR) is 99.9 cm³/mol. The maximum absolute atomic E-state index is 11.5. The largest absolute Gasteiger partial charge is 0.378 e. The van der Waals surface area contributed by atoms with Gasteiger partial charge in [0.25, 0.3) is 0 Å². The Morgan fingerprint density at radius 3 is 2.52 bits per heavy atom. The van der Waals surface area contributed by atoms with Crippen LogP contribution in [0.25, 0.3) is 0 Å². The van der Waals surface area contributed by atoms with Gasteiger partial charge in [-0.2, -0.15) is 9.97 Å². The van der Waals surface area contributed by atoms with Gasteiger partial charge in [-0.3, -0.25) is 10.1 Å². The molecule has 1 aliphatic heterocycles. The highest BCUT2D eigenvalue weighted by Crippen LogP contribution is 2.35. The topological polar surface area (TPSA) is 113 Å². The van der Waals surface area contributed by atoms with E-state index in [2.05, 4.69) is 34.0 Å². The van der Waals surface area contributed by atoms with Crippen LogP contribution in [0.3, 0.4) is 0 Å². The molecule has 0 bridgehead atoms. The van der Waals surface area contributed by atoms with Gasteiger partial charge in [0.2, 0.25) is 17.6 Å². The molecule has 0 unspecified atom stereocenters. The van der Waals surface area contributed by atoms with Crippen molar-refractivity contribution < 1.29 is 4.92 Å². The molecular formula is C16H29N7O2. The van der Waals surface area contributed by atoms with Gasteiger partial charge in [0, 0.05) is 19.6 Å². The Hall–Kier alpha value is -2.16. The SMILES string of the molecule is C[C@@H]1C[C@@H](C)CN(c2nc(NCCCN(C)C)nc(N)c2[N+](=O)[O-])C1. The number of nitrogen functional groups attached to an aromatic ring is 1. The fraction of sp³-hybridized carbons (Fsp3) is 0.750. The normalized spacial score (nSPS) is 20.8. The Bertz CT molecular complexity index is 598. The van der Waals surface area contributed by atoms with Crippen LogP contribution in [0.5, 0.6) is 0 Å². The minimum absolute atomic E-state index is 0.0870. The number of aromatic nitrogens is 2. The lowest BCUT2D eigenvalue weighted by atomic mass is 9.92. The zero-order valence-corrected chi connectivity index (χ0v) is 15.5. The van der Waals surface area contributed by atoms with Gasteiger partial charge in [0.15, 0.2) is 0 Å². The van der Waals surface area contributed by atoms with E-state index in [1.807, 2.05) is 19.0 Å². The van der Waals surface area contributed by atoms with E-state index in [0.29, 0.717) is 30.1 Å². The summed E-state index contributed by atoms with van der Waals surface area (Å²) < 4.78 is 0. The highest BCUT2D eigenvalue weighted by molar-refractivity contribution is 5.71. The Kier molecular flexibility index (Phi) is 6.35. The van der Waals surface area contributed by atoms with Gasteiger partial charge >= 0.3 is 5.69 Å². The molecule has 2 heterocycles. The van der Waals surface area contributed by atoms with Crippen molar-refractivity contribution in [2.75, 3.05) is 56.2 Å². The number of rotatable bonds is 7. The Balaban J connectivity index is 2.24. The van der Waals surface area contributed by atoms with Crippen molar-refractivity contribution in [1.82, 2.24) is 14.9 Å². The van der Waals surface area contributed by atoms with E-state index in [1.165, 1.54) is 0 Å². The highest BCUT2D eigenvalue weighted by atomic mass is 16.6. The smallest absolute Gasteiger partial charge is 0.353 e. The van der Waals surface area contributed by atoms with Crippen LogP contribution in [-0.4, -0.2) is 60.1 Å². The molecule has 2 atom stereocenters. The van der Waals surface area contributed by atoms with E-state index in [0.717, 1.165) is 32.5 Å². The molecule has 0 amide bonds. The minimum atomic E-state index is -0.482. The van der Waals surface area contributed by atoms with Gasteiger partial charge in [0.05, 0.1) is 4.92 Å². The number of nitrogens with one attached hydrogen (secondary N) is 1. The zero-order chi connectivity index (χ0) is 18.6. The van der Waals surface area contributed by atoms with Crippen LogP contribution in [-0.2, 0) is 0 Å². The summed E-state index contributed by atoms with van der Waals surface area (Å²) in [5, 5.41) is 14.6. The molecular weight excluding hydrogens is 322 g/mol. The lowest BCUT2D eigenvalue weighted by Gasteiger charge is -2.35. The molecule has 25 heavy (non-hydrogen) atoms. The Morgan fingerprint density at radius 2 is 1.96 bits per heavy atom. The van der Waals surface area contributed by atoms with Crippen molar-refractivity contribution in [3.05, 3.63) is 10.1 Å². The maximum Gasteiger partial charge on any atom is 0.353 e. The molecule has 2 rings (SSSR count). The van der Waals surface area contributed by atoms with Gasteiger partial charge in [-0.15, -0.1) is 0 Å². The Morgan fingerprint density at radius 1 is 1.32 bits per heavy atom. The molecule has 1 aromatic rings. The number of nitro groups is 1. The molecule has 0 saturated carbocycles. The first-order valence-electron chi connectivity index (χ1n) is 8.73. The third-order valence-corrected chi connectivity index (χ3v) is 4.31. The molecule has 1 saturated heterocycles. The molecule has 1 aliphatic rings. The van der Waals surface area contributed by atoms with Crippen molar-refractivity contribution in [3.8, 4) is 0 Å². The standard InChI is InChI=1S/C16H29N7O2/c1-11-8-12(2)10-22(9-11)15-13(23(24)25)14(17)19-16(20-15)18-6-5-7-21(3)4/h11-12H,5-10H2,1-4H3,(H3,17,18,19,20)/t11-,12-/m1/s1. The van der Waals surface area contributed by atoms with Gasteiger partial charge in [0.1, 0.15) is 0 Å². The molecule has 0 aliphatic carbocycles. The molecule has 9 nitrogen and oxygen atoms in total. The molecule has 0 spiro atoms. The van der Waals surface area contributed by atoms with Crippen molar-refractivity contribution in [2.24, 2.45) is 11.8 Å². The highest BCUT2D eigenvalue weighted by Gasteiger charge is 2.31. The first kappa shape index (κ1) is 19.2. The quantitative estimate of drug-likeness (QED) is 0.434. The maximum atomic E-state index is 11.5. The van der Waals surface area contributed by atoms with Gasteiger partial charge in [-0.05, 0) is 45.3 Å². The van der Waals surface area contributed by atoms with Crippen LogP contribution in [0.4, 0.5) is 23.3 Å². The average molecular weight is 351 g/mol. The first-order valence-corrected chi connectivity index (χ1v) is 8.73. The van der Waals surface area contributed by atoms with E-state index in [9.17, 15) is 10.1 Å². The third-order valence-electron chi connectivity index (χ3n) is 4.31. The molecule has 3 N–H and O–H groups in total. The predicted octanol–water partition coefficient (Wildman–Crippen LogP) is 1.81. The molecule has 1 fully saturated rings. The number of nitrogens with two attached hydrogens (primary N) is 1. The van der Waals surface area contributed by atoms with Crippen LogP contribution in [0.15, 0.2) is 0 Å². The second-order valence-electron chi connectivity index (χ2n) is 7.30. The second-order valence-corrected chi connectivity index (χ2v) is 7.30. The Labute approximate surface area is 148 Å². The van der Waals surface area contributed by atoms with E-state index >= 15 is 0 Å². The fourth-order valence-corrected chi connectivity index (χ4v) is 3.37. The summed E-state index contributed by atoms with van der Waals surface area (Å²) in [5.74, 6) is 1.50.